The summed E-state index contributed by atoms with van der Waals surface area (Å²) in [5, 5.41) is 20.5. The van der Waals surface area contributed by atoms with Gasteiger partial charge in [0.25, 0.3) is 5.91 Å². The molecule has 2 atom stereocenters. The first-order valence-corrected chi connectivity index (χ1v) is 6.92. The van der Waals surface area contributed by atoms with Gasteiger partial charge in [0.15, 0.2) is 0 Å². The van der Waals surface area contributed by atoms with Crippen LogP contribution in [0.4, 0.5) is 10.1 Å². The van der Waals surface area contributed by atoms with Crippen molar-refractivity contribution < 1.29 is 19.2 Å². The summed E-state index contributed by atoms with van der Waals surface area (Å²) in [6.45, 7) is 0. The Balaban J connectivity index is 1.89. The van der Waals surface area contributed by atoms with E-state index >= 15 is 0 Å². The Hall–Kier alpha value is -2.02. The van der Waals surface area contributed by atoms with Gasteiger partial charge in [0.05, 0.1) is 11.0 Å². The van der Waals surface area contributed by atoms with Crippen LogP contribution < -0.4 is 0 Å². The van der Waals surface area contributed by atoms with Gasteiger partial charge in [0.1, 0.15) is 0 Å². The summed E-state index contributed by atoms with van der Waals surface area (Å²) < 4.78 is 13.3. The maximum Gasteiger partial charge on any atom is 0.305 e. The summed E-state index contributed by atoms with van der Waals surface area (Å²) in [6.07, 6.45) is 2.33. The third-order valence-electron chi connectivity index (χ3n) is 4.33. The van der Waals surface area contributed by atoms with Gasteiger partial charge in [-0.3, -0.25) is 14.9 Å². The van der Waals surface area contributed by atoms with Crippen molar-refractivity contribution in [2.75, 3.05) is 0 Å². The molecule has 1 N–H and O–H groups in total. The van der Waals surface area contributed by atoms with Crippen LogP contribution in [0.1, 0.15) is 36.0 Å². The molecule has 7 heteroatoms. The molecule has 21 heavy (non-hydrogen) atoms. The van der Waals surface area contributed by atoms with Gasteiger partial charge in [-0.1, -0.05) is 0 Å². The molecule has 3 rings (SSSR count). The standard InChI is InChI=1S/C14H15FN2O4/c15-12-4-1-8(5-13(12)17(20)21)14(19)16-9-2-3-10(16)7-11(18)6-9/h1,4-5,9-11,18H,2-3,6-7H2. The third-order valence-corrected chi connectivity index (χ3v) is 4.33. The minimum Gasteiger partial charge on any atom is -0.393 e. The number of rotatable bonds is 2. The largest absolute Gasteiger partial charge is 0.393 e. The van der Waals surface area contributed by atoms with E-state index in [1.165, 1.54) is 6.07 Å². The number of carbonyl (C=O) groups excluding carboxylic acids is 1. The van der Waals surface area contributed by atoms with Crippen LogP contribution in [-0.2, 0) is 0 Å². The number of fused-ring (bicyclic) bond motifs is 2. The smallest absolute Gasteiger partial charge is 0.305 e. The second-order valence-electron chi connectivity index (χ2n) is 5.65. The van der Waals surface area contributed by atoms with Crippen molar-refractivity contribution >= 4 is 11.6 Å². The quantitative estimate of drug-likeness (QED) is 0.666. The number of amides is 1. The van der Waals surface area contributed by atoms with E-state index in [1.807, 2.05) is 0 Å². The predicted octanol–water partition coefficient (Wildman–Crippen LogP) is 1.86. The van der Waals surface area contributed by atoms with Gasteiger partial charge in [-0.05, 0) is 37.8 Å². The molecule has 2 saturated heterocycles. The normalized spacial score (nSPS) is 27.7. The number of nitro benzene ring substituents is 1. The Morgan fingerprint density at radius 2 is 1.95 bits per heavy atom. The number of halogens is 1. The van der Waals surface area contributed by atoms with E-state index < -0.39 is 22.5 Å². The van der Waals surface area contributed by atoms with Crippen LogP contribution in [0.25, 0.3) is 0 Å². The molecule has 2 unspecified atom stereocenters. The molecule has 112 valence electrons. The monoisotopic (exact) mass is 294 g/mol. The van der Waals surface area contributed by atoms with E-state index in [9.17, 15) is 24.4 Å². The first kappa shape index (κ1) is 13.9. The molecule has 2 aliphatic heterocycles. The van der Waals surface area contributed by atoms with Crippen LogP contribution in [0.15, 0.2) is 18.2 Å². The molecular weight excluding hydrogens is 279 g/mol. The van der Waals surface area contributed by atoms with E-state index in [0.29, 0.717) is 12.8 Å². The molecule has 1 aromatic carbocycles. The molecule has 0 aliphatic carbocycles. The summed E-state index contributed by atoms with van der Waals surface area (Å²) in [4.78, 5) is 24.2. The van der Waals surface area contributed by atoms with Gasteiger partial charge in [-0.15, -0.1) is 0 Å². The van der Waals surface area contributed by atoms with Gasteiger partial charge in [-0.2, -0.15) is 4.39 Å². The van der Waals surface area contributed by atoms with Crippen LogP contribution in [-0.4, -0.2) is 39.0 Å². The van der Waals surface area contributed by atoms with E-state index in [1.54, 1.807) is 4.90 Å². The van der Waals surface area contributed by atoms with Gasteiger partial charge >= 0.3 is 5.69 Å². The molecule has 2 aliphatic rings. The molecule has 1 amide bonds. The minimum atomic E-state index is -0.950. The lowest BCUT2D eigenvalue weighted by atomic mass is 9.98. The highest BCUT2D eigenvalue weighted by Gasteiger charge is 2.43. The van der Waals surface area contributed by atoms with Crippen molar-refractivity contribution in [3.63, 3.8) is 0 Å². The first-order chi connectivity index (χ1) is 9.97. The average molecular weight is 294 g/mol. The maximum atomic E-state index is 13.3. The molecule has 0 aromatic heterocycles. The van der Waals surface area contributed by atoms with Crippen molar-refractivity contribution in [3.8, 4) is 0 Å². The predicted molar refractivity (Wildman–Crippen MR) is 71.3 cm³/mol. The maximum absolute atomic E-state index is 13.3. The van der Waals surface area contributed by atoms with Crippen molar-refractivity contribution in [1.82, 2.24) is 4.90 Å². The van der Waals surface area contributed by atoms with Crippen molar-refractivity contribution in [2.24, 2.45) is 0 Å². The average Bonchev–Trinajstić information content (AvgIpc) is 2.70. The van der Waals surface area contributed by atoms with Gasteiger partial charge in [0, 0.05) is 23.7 Å². The molecule has 1 aromatic rings. The Kier molecular flexibility index (Phi) is 3.36. The number of hydrogen-bond acceptors (Lipinski definition) is 4. The number of benzene rings is 1. The SMILES string of the molecule is O=C(c1ccc(F)c([N+](=O)[O-])c1)N1C2CCC1CC(O)C2. The summed E-state index contributed by atoms with van der Waals surface area (Å²) in [5.74, 6) is -1.27. The van der Waals surface area contributed by atoms with Crippen molar-refractivity contribution in [1.29, 1.82) is 0 Å². The lowest BCUT2D eigenvalue weighted by Crippen LogP contribution is -2.48. The molecule has 6 nitrogen and oxygen atoms in total. The highest BCUT2D eigenvalue weighted by Crippen LogP contribution is 2.37. The number of carbonyl (C=O) groups is 1. The van der Waals surface area contributed by atoms with E-state index in [-0.39, 0.29) is 23.6 Å². The number of nitro groups is 1. The van der Waals surface area contributed by atoms with Crippen LogP contribution in [0, 0.1) is 15.9 Å². The fourth-order valence-electron chi connectivity index (χ4n) is 3.41. The number of aliphatic hydroxyl groups excluding tert-OH is 1. The van der Waals surface area contributed by atoms with Crippen molar-refractivity contribution in [2.45, 2.75) is 43.9 Å². The molecule has 0 saturated carbocycles. The van der Waals surface area contributed by atoms with Crippen molar-refractivity contribution in [3.05, 3.63) is 39.7 Å². The number of hydrogen-bond donors (Lipinski definition) is 1. The highest BCUT2D eigenvalue weighted by molar-refractivity contribution is 5.95. The number of aliphatic hydroxyl groups is 1. The molecule has 2 fully saturated rings. The zero-order valence-electron chi connectivity index (χ0n) is 11.2. The van der Waals surface area contributed by atoms with Crippen LogP contribution in [0.2, 0.25) is 0 Å². The second kappa shape index (κ2) is 5.07. The molecular formula is C14H15FN2O4. The van der Waals surface area contributed by atoms with E-state index in [2.05, 4.69) is 0 Å². The lowest BCUT2D eigenvalue weighted by molar-refractivity contribution is -0.387. The molecule has 0 spiro atoms. The van der Waals surface area contributed by atoms with Gasteiger partial charge in [-0.25, -0.2) is 0 Å². The Morgan fingerprint density at radius 1 is 1.33 bits per heavy atom. The Bertz CT molecular complexity index is 593. The summed E-state index contributed by atoms with van der Waals surface area (Å²) in [6, 6.07) is 3.15. The van der Waals surface area contributed by atoms with Crippen LogP contribution >= 0.6 is 0 Å². The number of piperidine rings is 1. The second-order valence-corrected chi connectivity index (χ2v) is 5.65. The highest BCUT2D eigenvalue weighted by atomic mass is 19.1. The molecule has 2 bridgehead atoms. The molecule has 2 heterocycles. The van der Waals surface area contributed by atoms with Crippen LogP contribution in [0.5, 0.6) is 0 Å². The third kappa shape index (κ3) is 2.37. The lowest BCUT2D eigenvalue weighted by Gasteiger charge is -2.37. The van der Waals surface area contributed by atoms with Crippen LogP contribution in [0.3, 0.4) is 0 Å². The fourth-order valence-corrected chi connectivity index (χ4v) is 3.41. The zero-order valence-corrected chi connectivity index (χ0v) is 11.2. The summed E-state index contributed by atoms with van der Waals surface area (Å²) in [5.41, 5.74) is -0.568. The summed E-state index contributed by atoms with van der Waals surface area (Å²) in [7, 11) is 0. The summed E-state index contributed by atoms with van der Waals surface area (Å²) >= 11 is 0. The van der Waals surface area contributed by atoms with E-state index in [0.717, 1.165) is 25.0 Å². The van der Waals surface area contributed by atoms with E-state index in [4.69, 9.17) is 0 Å². The first-order valence-electron chi connectivity index (χ1n) is 6.92. The Labute approximate surface area is 120 Å². The van der Waals surface area contributed by atoms with Gasteiger partial charge in [0.2, 0.25) is 5.82 Å². The zero-order chi connectivity index (χ0) is 15.1. The topological polar surface area (TPSA) is 83.7 Å². The Morgan fingerprint density at radius 3 is 2.52 bits per heavy atom. The fraction of sp³-hybridized carbons (Fsp3) is 0.500. The number of nitrogens with zero attached hydrogens (tertiary/aromatic N) is 2. The molecule has 0 radical (unpaired) electrons. The van der Waals surface area contributed by atoms with Gasteiger partial charge < -0.3 is 10.0 Å². The minimum absolute atomic E-state index is 0.0321.